The average molecular weight is 239 g/mol. The summed E-state index contributed by atoms with van der Waals surface area (Å²) in [5.74, 6) is 0. The molecule has 1 saturated heterocycles. The number of rotatable bonds is 6. The van der Waals surface area contributed by atoms with Crippen LogP contribution in [0.15, 0.2) is 10.7 Å². The minimum atomic E-state index is 0.382. The number of oxazole rings is 1. The van der Waals surface area contributed by atoms with Crippen LogP contribution in [0.5, 0.6) is 6.08 Å². The van der Waals surface area contributed by atoms with Crippen molar-refractivity contribution in [3.05, 3.63) is 12.0 Å². The van der Waals surface area contributed by atoms with Gasteiger partial charge in [0.2, 0.25) is 0 Å². The first-order valence-corrected chi connectivity index (χ1v) is 6.32. The third-order valence-electron chi connectivity index (χ3n) is 2.97. The SMILES string of the molecule is CNCc1coc(OCCN2CCCCC2)n1. The molecule has 0 aliphatic carbocycles. The van der Waals surface area contributed by atoms with Crippen molar-refractivity contribution in [1.82, 2.24) is 15.2 Å². The minimum absolute atomic E-state index is 0.382. The van der Waals surface area contributed by atoms with E-state index in [0.29, 0.717) is 19.2 Å². The molecule has 2 heterocycles. The Morgan fingerprint density at radius 2 is 2.24 bits per heavy atom. The van der Waals surface area contributed by atoms with Crippen LogP contribution < -0.4 is 10.1 Å². The predicted molar refractivity (Wildman–Crippen MR) is 65.1 cm³/mol. The van der Waals surface area contributed by atoms with E-state index in [0.717, 1.165) is 12.2 Å². The topological polar surface area (TPSA) is 50.5 Å². The van der Waals surface area contributed by atoms with Crippen molar-refractivity contribution in [3.63, 3.8) is 0 Å². The van der Waals surface area contributed by atoms with Gasteiger partial charge >= 0.3 is 6.08 Å². The number of nitrogens with one attached hydrogen (secondary N) is 1. The van der Waals surface area contributed by atoms with Gasteiger partial charge in [0, 0.05) is 13.1 Å². The number of aromatic nitrogens is 1. The van der Waals surface area contributed by atoms with Crippen molar-refractivity contribution in [2.45, 2.75) is 25.8 Å². The van der Waals surface area contributed by atoms with Crippen LogP contribution in [0.4, 0.5) is 0 Å². The van der Waals surface area contributed by atoms with E-state index >= 15 is 0 Å². The summed E-state index contributed by atoms with van der Waals surface area (Å²) in [6.45, 7) is 4.71. The molecule has 5 nitrogen and oxygen atoms in total. The van der Waals surface area contributed by atoms with Crippen molar-refractivity contribution in [3.8, 4) is 6.08 Å². The zero-order chi connectivity index (χ0) is 11.9. The fourth-order valence-corrected chi connectivity index (χ4v) is 2.06. The summed E-state index contributed by atoms with van der Waals surface area (Å²) in [4.78, 5) is 6.64. The minimum Gasteiger partial charge on any atom is -0.449 e. The number of piperidine rings is 1. The van der Waals surface area contributed by atoms with E-state index in [4.69, 9.17) is 9.15 Å². The molecule has 0 spiro atoms. The predicted octanol–water partition coefficient (Wildman–Crippen LogP) is 1.26. The molecule has 0 bridgehead atoms. The third kappa shape index (κ3) is 4.02. The van der Waals surface area contributed by atoms with Crippen LogP contribution >= 0.6 is 0 Å². The molecule has 96 valence electrons. The van der Waals surface area contributed by atoms with E-state index in [-0.39, 0.29) is 0 Å². The highest BCUT2D eigenvalue weighted by Crippen LogP contribution is 2.11. The Kier molecular flexibility index (Phi) is 4.82. The molecule has 0 saturated carbocycles. The lowest BCUT2D eigenvalue weighted by atomic mass is 10.1. The normalized spacial score (nSPS) is 17.2. The van der Waals surface area contributed by atoms with Crippen molar-refractivity contribution in [2.75, 3.05) is 33.3 Å². The summed E-state index contributed by atoms with van der Waals surface area (Å²) in [5.41, 5.74) is 0.875. The Labute approximate surface area is 102 Å². The lowest BCUT2D eigenvalue weighted by Crippen LogP contribution is -2.33. The maximum absolute atomic E-state index is 5.49. The number of nitrogens with zero attached hydrogens (tertiary/aromatic N) is 2. The fourth-order valence-electron chi connectivity index (χ4n) is 2.06. The molecule has 1 aromatic rings. The molecule has 1 aliphatic rings. The summed E-state index contributed by atoms with van der Waals surface area (Å²) >= 11 is 0. The molecular formula is C12H21N3O2. The molecule has 0 atom stereocenters. The van der Waals surface area contributed by atoms with Gasteiger partial charge in [-0.25, -0.2) is 0 Å². The van der Waals surface area contributed by atoms with E-state index in [1.807, 2.05) is 7.05 Å². The Morgan fingerprint density at radius 1 is 1.41 bits per heavy atom. The van der Waals surface area contributed by atoms with Crippen LogP contribution in [-0.4, -0.2) is 43.2 Å². The maximum atomic E-state index is 5.49. The molecule has 2 rings (SSSR count). The summed E-state index contributed by atoms with van der Waals surface area (Å²) < 4.78 is 10.7. The van der Waals surface area contributed by atoms with Gasteiger partial charge < -0.3 is 14.5 Å². The van der Waals surface area contributed by atoms with E-state index in [1.54, 1.807) is 6.26 Å². The first-order valence-electron chi connectivity index (χ1n) is 6.32. The Morgan fingerprint density at radius 3 is 3.00 bits per heavy atom. The average Bonchev–Trinajstić information content (AvgIpc) is 2.79. The summed E-state index contributed by atoms with van der Waals surface area (Å²) in [6.07, 6.45) is 6.00. The highest BCUT2D eigenvalue weighted by molar-refractivity contribution is 4.99. The molecule has 1 aliphatic heterocycles. The van der Waals surface area contributed by atoms with Crippen molar-refractivity contribution >= 4 is 0 Å². The van der Waals surface area contributed by atoms with E-state index in [1.165, 1.54) is 32.4 Å². The Bertz CT molecular complexity index is 321. The van der Waals surface area contributed by atoms with Crippen LogP contribution in [-0.2, 0) is 6.54 Å². The molecule has 0 unspecified atom stereocenters. The van der Waals surface area contributed by atoms with Crippen molar-refractivity contribution < 1.29 is 9.15 Å². The van der Waals surface area contributed by atoms with E-state index < -0.39 is 0 Å². The largest absolute Gasteiger partial charge is 0.449 e. The molecule has 5 heteroatoms. The van der Waals surface area contributed by atoms with E-state index in [2.05, 4.69) is 15.2 Å². The molecule has 0 radical (unpaired) electrons. The van der Waals surface area contributed by atoms with E-state index in [9.17, 15) is 0 Å². The number of likely N-dealkylation sites (tertiary alicyclic amines) is 1. The zero-order valence-electron chi connectivity index (χ0n) is 10.4. The number of hydrogen-bond donors (Lipinski definition) is 1. The maximum Gasteiger partial charge on any atom is 0.393 e. The zero-order valence-corrected chi connectivity index (χ0v) is 10.4. The van der Waals surface area contributed by atoms with Gasteiger partial charge in [0.15, 0.2) is 0 Å². The highest BCUT2D eigenvalue weighted by atomic mass is 16.6. The summed E-state index contributed by atoms with van der Waals surface area (Å²) in [5, 5.41) is 3.02. The van der Waals surface area contributed by atoms with Crippen LogP contribution in [0.25, 0.3) is 0 Å². The second-order valence-corrected chi connectivity index (χ2v) is 4.39. The van der Waals surface area contributed by atoms with Gasteiger partial charge in [-0.05, 0) is 33.0 Å². The van der Waals surface area contributed by atoms with Gasteiger partial charge in [0.25, 0.3) is 0 Å². The summed E-state index contributed by atoms with van der Waals surface area (Å²) in [7, 11) is 1.88. The quantitative estimate of drug-likeness (QED) is 0.810. The highest BCUT2D eigenvalue weighted by Gasteiger charge is 2.10. The smallest absolute Gasteiger partial charge is 0.393 e. The van der Waals surface area contributed by atoms with Crippen molar-refractivity contribution in [2.24, 2.45) is 0 Å². The first kappa shape index (κ1) is 12.4. The monoisotopic (exact) mass is 239 g/mol. The Hall–Kier alpha value is -1.07. The van der Waals surface area contributed by atoms with Crippen LogP contribution in [0.1, 0.15) is 25.0 Å². The number of hydrogen-bond acceptors (Lipinski definition) is 5. The lowest BCUT2D eigenvalue weighted by molar-refractivity contribution is 0.159. The molecule has 1 N–H and O–H groups in total. The van der Waals surface area contributed by atoms with Gasteiger partial charge in [-0.15, -0.1) is 0 Å². The summed E-state index contributed by atoms with van der Waals surface area (Å²) in [6, 6.07) is 0. The second-order valence-electron chi connectivity index (χ2n) is 4.39. The molecular weight excluding hydrogens is 218 g/mol. The van der Waals surface area contributed by atoms with Crippen molar-refractivity contribution in [1.29, 1.82) is 0 Å². The molecule has 1 fully saturated rings. The van der Waals surface area contributed by atoms with Gasteiger partial charge in [-0.2, -0.15) is 4.98 Å². The molecule has 0 amide bonds. The molecule has 17 heavy (non-hydrogen) atoms. The van der Waals surface area contributed by atoms with Gasteiger partial charge in [0.05, 0.1) is 5.69 Å². The Balaban J connectivity index is 1.66. The molecule has 1 aromatic heterocycles. The fraction of sp³-hybridized carbons (Fsp3) is 0.750. The van der Waals surface area contributed by atoms with Gasteiger partial charge in [-0.1, -0.05) is 6.42 Å². The number of ether oxygens (including phenoxy) is 1. The third-order valence-corrected chi connectivity index (χ3v) is 2.97. The van der Waals surface area contributed by atoms with Gasteiger partial charge in [0.1, 0.15) is 12.9 Å². The van der Waals surface area contributed by atoms with Crippen LogP contribution in [0.3, 0.4) is 0 Å². The van der Waals surface area contributed by atoms with Crippen LogP contribution in [0, 0.1) is 0 Å². The standard InChI is InChI=1S/C12H21N3O2/c1-13-9-11-10-17-12(14-11)16-8-7-15-5-3-2-4-6-15/h10,13H,2-9H2,1H3. The molecule has 0 aromatic carbocycles. The second kappa shape index (κ2) is 6.61. The van der Waals surface area contributed by atoms with Gasteiger partial charge in [-0.3, -0.25) is 4.90 Å². The van der Waals surface area contributed by atoms with Crippen LogP contribution in [0.2, 0.25) is 0 Å². The lowest BCUT2D eigenvalue weighted by Gasteiger charge is -2.25. The first-order chi connectivity index (χ1) is 8.38.